The molecule has 1 aliphatic rings. The summed E-state index contributed by atoms with van der Waals surface area (Å²) in [4.78, 5) is 32.6. The largest absolute Gasteiger partial charge is 0.370 e. The topological polar surface area (TPSA) is 98.8 Å². The highest BCUT2D eigenvalue weighted by Gasteiger charge is 2.21. The monoisotopic (exact) mass is 376 g/mol. The summed E-state index contributed by atoms with van der Waals surface area (Å²) in [6, 6.07) is 11.4. The molecule has 0 atom stereocenters. The molecule has 0 radical (unpaired) electrons. The van der Waals surface area contributed by atoms with E-state index >= 15 is 0 Å². The van der Waals surface area contributed by atoms with Crippen molar-refractivity contribution < 1.29 is 4.79 Å². The molecule has 2 aromatic heterocycles. The van der Waals surface area contributed by atoms with Gasteiger partial charge in [-0.25, -0.2) is 4.79 Å². The van der Waals surface area contributed by atoms with E-state index in [1.165, 1.54) is 0 Å². The number of benzene rings is 2. The van der Waals surface area contributed by atoms with Gasteiger partial charge < -0.3 is 20.2 Å². The first-order valence-electron chi connectivity index (χ1n) is 9.34. The number of imidazole rings is 1. The smallest absolute Gasteiger partial charge is 0.323 e. The third-order valence-electron chi connectivity index (χ3n) is 5.30. The van der Waals surface area contributed by atoms with Gasteiger partial charge in [0.1, 0.15) is 0 Å². The second-order valence-corrected chi connectivity index (χ2v) is 7.13. The molecule has 28 heavy (non-hydrogen) atoms. The summed E-state index contributed by atoms with van der Waals surface area (Å²) in [6.07, 6.45) is 2.22. The molecule has 2 aromatic carbocycles. The number of aryl methyl sites for hydroxylation is 1. The van der Waals surface area contributed by atoms with Crippen molar-refractivity contribution in [3.63, 3.8) is 0 Å². The Morgan fingerprint density at radius 3 is 2.61 bits per heavy atom. The average molecular weight is 376 g/mol. The summed E-state index contributed by atoms with van der Waals surface area (Å²) >= 11 is 0. The van der Waals surface area contributed by atoms with Gasteiger partial charge in [-0.2, -0.15) is 5.10 Å². The minimum atomic E-state index is -0.269. The summed E-state index contributed by atoms with van der Waals surface area (Å²) in [6.45, 7) is 1.85. The van der Waals surface area contributed by atoms with Crippen molar-refractivity contribution in [3.05, 3.63) is 52.6 Å². The molecule has 3 N–H and O–H groups in total. The number of aromatic amines is 2. The van der Waals surface area contributed by atoms with Crippen LogP contribution in [0.2, 0.25) is 0 Å². The van der Waals surface area contributed by atoms with Gasteiger partial charge in [0.2, 0.25) is 0 Å². The van der Waals surface area contributed by atoms with Gasteiger partial charge in [-0.15, -0.1) is 0 Å². The number of amides is 1. The molecular weight excluding hydrogens is 356 g/mol. The summed E-state index contributed by atoms with van der Waals surface area (Å²) in [5.74, 6) is -0.269. The van der Waals surface area contributed by atoms with Crippen LogP contribution >= 0.6 is 0 Å². The second kappa shape index (κ2) is 6.26. The summed E-state index contributed by atoms with van der Waals surface area (Å²) in [5, 5.41) is 8.23. The van der Waals surface area contributed by atoms with E-state index in [1.807, 2.05) is 43.4 Å². The van der Waals surface area contributed by atoms with E-state index in [0.717, 1.165) is 48.0 Å². The van der Waals surface area contributed by atoms with Gasteiger partial charge in [0.05, 0.1) is 27.9 Å². The quantitative estimate of drug-likeness (QED) is 0.512. The van der Waals surface area contributed by atoms with Crippen LogP contribution in [0.15, 0.2) is 41.2 Å². The van der Waals surface area contributed by atoms with E-state index < -0.39 is 0 Å². The van der Waals surface area contributed by atoms with E-state index in [0.29, 0.717) is 16.9 Å². The van der Waals surface area contributed by atoms with Gasteiger partial charge in [0.15, 0.2) is 5.69 Å². The number of rotatable bonds is 3. The standard InChI is InChI=1S/C20H20N6O2/c1-25-16-7-3-2-6-12(16)18(24-25)19(27)21-15-10-13-14(23-20(28)22-13)11-17(15)26-8-4-5-9-26/h2-3,6-7,10-11H,4-5,8-9H2,1H3,(H,21,27)(H2,22,23,28). The van der Waals surface area contributed by atoms with Crippen molar-refractivity contribution in [2.75, 3.05) is 23.3 Å². The van der Waals surface area contributed by atoms with Gasteiger partial charge in [0.25, 0.3) is 5.91 Å². The van der Waals surface area contributed by atoms with Crippen molar-refractivity contribution in [2.45, 2.75) is 12.8 Å². The Hall–Kier alpha value is -3.55. The van der Waals surface area contributed by atoms with E-state index in [-0.39, 0.29) is 11.6 Å². The molecule has 1 aliphatic heterocycles. The predicted molar refractivity (Wildman–Crippen MR) is 109 cm³/mol. The van der Waals surface area contributed by atoms with Gasteiger partial charge >= 0.3 is 5.69 Å². The Bertz CT molecular complexity index is 1260. The fraction of sp³-hybridized carbons (Fsp3) is 0.250. The van der Waals surface area contributed by atoms with Crippen molar-refractivity contribution in [3.8, 4) is 0 Å². The Morgan fingerprint density at radius 1 is 1.11 bits per heavy atom. The number of H-pyrrole nitrogens is 2. The maximum Gasteiger partial charge on any atom is 0.323 e. The lowest BCUT2D eigenvalue weighted by molar-refractivity contribution is 0.102. The van der Waals surface area contributed by atoms with Crippen LogP contribution in [0.4, 0.5) is 11.4 Å². The number of carbonyl (C=O) groups excluding carboxylic acids is 1. The molecule has 1 amide bonds. The Morgan fingerprint density at radius 2 is 1.82 bits per heavy atom. The van der Waals surface area contributed by atoms with Gasteiger partial charge in [-0.3, -0.25) is 9.48 Å². The Balaban J connectivity index is 1.58. The first kappa shape index (κ1) is 16.6. The molecule has 0 saturated carbocycles. The van der Waals surface area contributed by atoms with E-state index in [2.05, 4.69) is 25.3 Å². The summed E-state index contributed by atoms with van der Waals surface area (Å²) in [7, 11) is 1.82. The molecule has 0 bridgehead atoms. The number of fused-ring (bicyclic) bond motifs is 2. The lowest BCUT2D eigenvalue weighted by Crippen LogP contribution is -2.21. The first-order chi connectivity index (χ1) is 13.6. The number of hydrogen-bond acceptors (Lipinski definition) is 4. The lowest BCUT2D eigenvalue weighted by atomic mass is 10.2. The minimum Gasteiger partial charge on any atom is -0.370 e. The normalized spacial score (nSPS) is 14.2. The third-order valence-corrected chi connectivity index (χ3v) is 5.30. The van der Waals surface area contributed by atoms with Crippen LogP contribution < -0.4 is 15.9 Å². The molecule has 3 heterocycles. The summed E-state index contributed by atoms with van der Waals surface area (Å²) in [5.41, 5.74) is 3.99. The zero-order valence-electron chi connectivity index (χ0n) is 15.5. The maximum atomic E-state index is 13.1. The van der Waals surface area contributed by atoms with Crippen LogP contribution in [0, 0.1) is 0 Å². The number of nitrogens with zero attached hydrogens (tertiary/aromatic N) is 3. The van der Waals surface area contributed by atoms with Crippen LogP contribution in [0.25, 0.3) is 21.9 Å². The molecule has 1 fully saturated rings. The third kappa shape index (κ3) is 2.65. The molecule has 0 aliphatic carbocycles. The van der Waals surface area contributed by atoms with E-state index in [9.17, 15) is 9.59 Å². The van der Waals surface area contributed by atoms with Crippen molar-refractivity contribution in [1.82, 2.24) is 19.7 Å². The second-order valence-electron chi connectivity index (χ2n) is 7.13. The Kier molecular flexibility index (Phi) is 3.71. The SMILES string of the molecule is Cn1nc(C(=O)Nc2cc3[nH]c(=O)[nH]c3cc2N2CCCC2)c2ccccc21. The molecule has 142 valence electrons. The lowest BCUT2D eigenvalue weighted by Gasteiger charge is -2.21. The predicted octanol–water partition coefficient (Wildman–Crippen LogP) is 2.60. The van der Waals surface area contributed by atoms with Gasteiger partial charge in [-0.05, 0) is 31.0 Å². The van der Waals surface area contributed by atoms with Crippen molar-refractivity contribution >= 4 is 39.2 Å². The fourth-order valence-electron chi connectivity index (χ4n) is 3.95. The number of anilines is 2. The van der Waals surface area contributed by atoms with Crippen LogP contribution in [0.1, 0.15) is 23.3 Å². The molecule has 0 spiro atoms. The van der Waals surface area contributed by atoms with Crippen LogP contribution in [0.5, 0.6) is 0 Å². The number of nitrogens with one attached hydrogen (secondary N) is 3. The minimum absolute atomic E-state index is 0.262. The van der Waals surface area contributed by atoms with Crippen LogP contribution in [-0.4, -0.2) is 38.7 Å². The van der Waals surface area contributed by atoms with Crippen molar-refractivity contribution in [2.24, 2.45) is 7.05 Å². The fourth-order valence-corrected chi connectivity index (χ4v) is 3.95. The maximum absolute atomic E-state index is 13.1. The molecule has 8 heteroatoms. The Labute approximate surface area is 160 Å². The molecule has 0 unspecified atom stereocenters. The van der Waals surface area contributed by atoms with E-state index in [1.54, 1.807) is 4.68 Å². The molecule has 1 saturated heterocycles. The highest BCUT2D eigenvalue weighted by Crippen LogP contribution is 2.32. The number of para-hydroxylation sites is 1. The molecule has 4 aromatic rings. The number of hydrogen-bond donors (Lipinski definition) is 3. The first-order valence-corrected chi connectivity index (χ1v) is 9.34. The average Bonchev–Trinajstić information content (AvgIpc) is 3.40. The van der Waals surface area contributed by atoms with Crippen LogP contribution in [0.3, 0.4) is 0 Å². The molecule has 5 rings (SSSR count). The zero-order chi connectivity index (χ0) is 19.3. The highest BCUT2D eigenvalue weighted by molar-refractivity contribution is 6.12. The zero-order valence-corrected chi connectivity index (χ0v) is 15.5. The van der Waals surface area contributed by atoms with Gasteiger partial charge in [-0.1, -0.05) is 18.2 Å². The number of carbonyl (C=O) groups is 1. The summed E-state index contributed by atoms with van der Waals surface area (Å²) < 4.78 is 1.71. The van der Waals surface area contributed by atoms with E-state index in [4.69, 9.17) is 0 Å². The van der Waals surface area contributed by atoms with Gasteiger partial charge in [0, 0.05) is 25.5 Å². The van der Waals surface area contributed by atoms with Crippen LogP contribution in [-0.2, 0) is 7.05 Å². The number of aromatic nitrogens is 4. The molecule has 8 nitrogen and oxygen atoms in total. The molecular formula is C20H20N6O2. The van der Waals surface area contributed by atoms with Crippen molar-refractivity contribution in [1.29, 1.82) is 0 Å². The highest BCUT2D eigenvalue weighted by atomic mass is 16.2.